The summed E-state index contributed by atoms with van der Waals surface area (Å²) < 4.78 is 69.0. The van der Waals surface area contributed by atoms with Gasteiger partial charge in [0, 0.05) is 38.4 Å². The predicted molar refractivity (Wildman–Crippen MR) is 103 cm³/mol. The zero-order chi connectivity index (χ0) is 23.4. The summed E-state index contributed by atoms with van der Waals surface area (Å²) in [5.41, 5.74) is -2.70. The maximum Gasteiger partial charge on any atom is 0.419 e. The third-order valence-corrected chi connectivity index (χ3v) is 5.29. The van der Waals surface area contributed by atoms with Gasteiger partial charge in [-0.2, -0.15) is 23.3 Å². The van der Waals surface area contributed by atoms with Crippen LogP contribution >= 0.6 is 0 Å². The third kappa shape index (κ3) is 3.46. The molecule has 1 aromatic carbocycles. The van der Waals surface area contributed by atoms with E-state index in [1.807, 2.05) is 6.92 Å². The summed E-state index contributed by atoms with van der Waals surface area (Å²) in [4.78, 5) is 24.0. The number of phenols is 1. The monoisotopic (exact) mass is 456 g/mol. The average Bonchev–Trinajstić information content (AvgIpc) is 3.07. The van der Waals surface area contributed by atoms with Crippen molar-refractivity contribution in [2.75, 3.05) is 31.1 Å². The highest BCUT2D eigenvalue weighted by molar-refractivity contribution is 5.92. The number of carbonyl (C=O) groups is 1. The van der Waals surface area contributed by atoms with E-state index in [0.29, 0.717) is 19.6 Å². The first kappa shape index (κ1) is 21.7. The van der Waals surface area contributed by atoms with Crippen molar-refractivity contribution in [3.63, 3.8) is 0 Å². The molecule has 1 amide bonds. The number of likely N-dealkylation sites (N-methyl/N-ethyl adjacent to an activating group) is 1. The Labute approximate surface area is 177 Å². The Morgan fingerprint density at radius 2 is 1.91 bits per heavy atom. The number of aryl methyl sites for hydroxylation is 1. The van der Waals surface area contributed by atoms with Crippen LogP contribution in [0, 0.1) is 11.6 Å². The quantitative estimate of drug-likeness (QED) is 0.610. The van der Waals surface area contributed by atoms with E-state index in [1.165, 1.54) is 17.9 Å². The normalized spacial score (nSPS) is 15.2. The standard InChI is InChI=1S/C19H17F5N6O2/c1-3-29-4-5-30(8-12(29)31)18-25-7-10-15(27-28(2)17(10)26-18)9-6-11(19(22,23)24)14(21)16(32)13(9)20/h6-7,32H,3-5,8H2,1-2H3. The summed E-state index contributed by atoms with van der Waals surface area (Å²) in [6, 6.07) is 0.253. The maximum absolute atomic E-state index is 14.5. The lowest BCUT2D eigenvalue weighted by molar-refractivity contribution is -0.140. The summed E-state index contributed by atoms with van der Waals surface area (Å²) in [7, 11) is 1.44. The van der Waals surface area contributed by atoms with Crippen molar-refractivity contribution in [1.29, 1.82) is 0 Å². The highest BCUT2D eigenvalue weighted by Crippen LogP contribution is 2.41. The molecular weight excluding hydrogens is 439 g/mol. The average molecular weight is 456 g/mol. The number of aromatic nitrogens is 4. The number of rotatable bonds is 3. The Morgan fingerprint density at radius 1 is 1.19 bits per heavy atom. The van der Waals surface area contributed by atoms with Crippen molar-refractivity contribution in [1.82, 2.24) is 24.6 Å². The predicted octanol–water partition coefficient (Wildman–Crippen LogP) is 2.70. The number of hydrogen-bond donors (Lipinski definition) is 1. The maximum atomic E-state index is 14.5. The molecule has 0 unspecified atom stereocenters. The minimum Gasteiger partial charge on any atom is -0.503 e. The van der Waals surface area contributed by atoms with Gasteiger partial charge in [-0.1, -0.05) is 0 Å². The van der Waals surface area contributed by atoms with Crippen molar-refractivity contribution in [2.45, 2.75) is 13.1 Å². The van der Waals surface area contributed by atoms with Gasteiger partial charge in [0.25, 0.3) is 0 Å². The number of amides is 1. The summed E-state index contributed by atoms with van der Waals surface area (Å²) >= 11 is 0. The lowest BCUT2D eigenvalue weighted by Crippen LogP contribution is -2.50. The molecule has 0 aliphatic carbocycles. The van der Waals surface area contributed by atoms with Gasteiger partial charge in [-0.25, -0.2) is 18.4 Å². The second-order valence-corrected chi connectivity index (χ2v) is 7.22. The van der Waals surface area contributed by atoms with Crippen LogP contribution in [0.3, 0.4) is 0 Å². The highest BCUT2D eigenvalue weighted by Gasteiger charge is 2.38. The van der Waals surface area contributed by atoms with Gasteiger partial charge in [-0.15, -0.1) is 0 Å². The number of halogens is 5. The molecule has 1 aliphatic heterocycles. The number of nitrogens with zero attached hydrogens (tertiary/aromatic N) is 6. The molecule has 3 heterocycles. The molecule has 1 fully saturated rings. The molecule has 0 radical (unpaired) electrons. The molecule has 0 saturated carbocycles. The topological polar surface area (TPSA) is 87.4 Å². The second kappa shape index (κ2) is 7.57. The Morgan fingerprint density at radius 3 is 2.53 bits per heavy atom. The Hall–Kier alpha value is -3.51. The van der Waals surface area contributed by atoms with Gasteiger partial charge in [0.05, 0.1) is 17.5 Å². The van der Waals surface area contributed by atoms with Gasteiger partial charge < -0.3 is 14.9 Å². The molecule has 1 saturated heterocycles. The van der Waals surface area contributed by atoms with Crippen LogP contribution in [0.15, 0.2) is 12.3 Å². The van der Waals surface area contributed by atoms with E-state index in [9.17, 15) is 31.9 Å². The van der Waals surface area contributed by atoms with Crippen LogP contribution in [-0.2, 0) is 18.0 Å². The number of benzene rings is 1. The molecule has 4 rings (SSSR count). The van der Waals surface area contributed by atoms with Crippen LogP contribution in [0.2, 0.25) is 0 Å². The third-order valence-electron chi connectivity index (χ3n) is 5.29. The van der Waals surface area contributed by atoms with E-state index in [-0.39, 0.29) is 41.2 Å². The molecule has 0 spiro atoms. The first-order chi connectivity index (χ1) is 15.0. The summed E-state index contributed by atoms with van der Waals surface area (Å²) in [5, 5.41) is 13.7. The van der Waals surface area contributed by atoms with Crippen LogP contribution in [0.5, 0.6) is 5.75 Å². The van der Waals surface area contributed by atoms with E-state index < -0.39 is 34.7 Å². The van der Waals surface area contributed by atoms with Crippen molar-refractivity contribution in [2.24, 2.45) is 7.05 Å². The lowest BCUT2D eigenvalue weighted by Gasteiger charge is -2.33. The van der Waals surface area contributed by atoms with Crippen LogP contribution in [0.25, 0.3) is 22.3 Å². The van der Waals surface area contributed by atoms with E-state index in [2.05, 4.69) is 15.1 Å². The molecule has 1 aliphatic rings. The fraction of sp³-hybridized carbons (Fsp3) is 0.368. The number of hydrogen-bond acceptors (Lipinski definition) is 6. The molecule has 13 heteroatoms. The van der Waals surface area contributed by atoms with Gasteiger partial charge in [0.2, 0.25) is 11.9 Å². The molecular formula is C19H17F5N6O2. The van der Waals surface area contributed by atoms with Crippen molar-refractivity contribution in [3.8, 4) is 17.0 Å². The van der Waals surface area contributed by atoms with Gasteiger partial charge in [-0.05, 0) is 13.0 Å². The van der Waals surface area contributed by atoms with Gasteiger partial charge in [0.15, 0.2) is 23.0 Å². The molecule has 0 bridgehead atoms. The largest absolute Gasteiger partial charge is 0.503 e. The number of aromatic hydroxyl groups is 1. The molecule has 32 heavy (non-hydrogen) atoms. The Balaban J connectivity index is 1.80. The van der Waals surface area contributed by atoms with E-state index in [1.54, 1.807) is 9.80 Å². The molecule has 170 valence electrons. The molecule has 2 aromatic heterocycles. The van der Waals surface area contributed by atoms with Crippen LogP contribution < -0.4 is 4.90 Å². The van der Waals surface area contributed by atoms with Gasteiger partial charge in [-0.3, -0.25) is 4.79 Å². The summed E-state index contributed by atoms with van der Waals surface area (Å²) in [5.74, 6) is -5.33. The number of carbonyl (C=O) groups excluding carboxylic acids is 1. The Kier molecular flexibility index (Phi) is 5.13. The van der Waals surface area contributed by atoms with Gasteiger partial charge in [0.1, 0.15) is 5.69 Å². The minimum atomic E-state index is -5.16. The first-order valence-electron chi connectivity index (χ1n) is 9.53. The van der Waals surface area contributed by atoms with Crippen LogP contribution in [0.4, 0.5) is 27.9 Å². The first-order valence-corrected chi connectivity index (χ1v) is 9.53. The van der Waals surface area contributed by atoms with E-state index in [4.69, 9.17) is 0 Å². The summed E-state index contributed by atoms with van der Waals surface area (Å²) in [6.07, 6.45) is -3.92. The highest BCUT2D eigenvalue weighted by atomic mass is 19.4. The zero-order valence-electron chi connectivity index (χ0n) is 16.9. The van der Waals surface area contributed by atoms with Crippen molar-refractivity contribution < 1.29 is 31.9 Å². The van der Waals surface area contributed by atoms with Crippen molar-refractivity contribution >= 4 is 22.9 Å². The number of alkyl halides is 3. The molecule has 8 nitrogen and oxygen atoms in total. The zero-order valence-corrected chi connectivity index (χ0v) is 16.9. The number of anilines is 1. The fourth-order valence-electron chi connectivity index (χ4n) is 3.59. The second-order valence-electron chi connectivity index (χ2n) is 7.22. The van der Waals surface area contributed by atoms with Crippen LogP contribution in [-0.4, -0.2) is 61.8 Å². The molecule has 3 aromatic rings. The van der Waals surface area contributed by atoms with E-state index >= 15 is 0 Å². The fourth-order valence-corrected chi connectivity index (χ4v) is 3.59. The SMILES string of the molecule is CCN1CCN(c2ncc3c(-c4cc(C(F)(F)F)c(F)c(O)c4F)nn(C)c3n2)CC1=O. The number of phenolic OH excluding ortho intramolecular Hbond substituents is 1. The van der Waals surface area contributed by atoms with Crippen molar-refractivity contribution in [3.05, 3.63) is 29.5 Å². The number of piperazine rings is 1. The Bertz CT molecular complexity index is 1230. The summed E-state index contributed by atoms with van der Waals surface area (Å²) in [6.45, 7) is 3.45. The molecule has 1 N–H and O–H groups in total. The minimum absolute atomic E-state index is 0.0550. The smallest absolute Gasteiger partial charge is 0.419 e. The van der Waals surface area contributed by atoms with Gasteiger partial charge >= 0.3 is 6.18 Å². The van der Waals surface area contributed by atoms with E-state index in [0.717, 1.165) is 0 Å². The van der Waals surface area contributed by atoms with Crippen LogP contribution in [0.1, 0.15) is 12.5 Å². The number of fused-ring (bicyclic) bond motifs is 1. The lowest BCUT2D eigenvalue weighted by atomic mass is 10.0. The molecule has 0 atom stereocenters.